The van der Waals surface area contributed by atoms with Gasteiger partial charge in [0, 0.05) is 21.7 Å². The average Bonchev–Trinajstić information content (AvgIpc) is 1.84. The van der Waals surface area contributed by atoms with Crippen molar-refractivity contribution in [2.45, 2.75) is 12.2 Å². The van der Waals surface area contributed by atoms with Crippen molar-refractivity contribution in [1.29, 1.82) is 0 Å². The molecule has 0 aromatic rings. The number of aliphatic carboxylic acids is 2. The maximum atomic E-state index is 9.63. The van der Waals surface area contributed by atoms with E-state index < -0.39 is 24.1 Å². The van der Waals surface area contributed by atoms with Gasteiger partial charge in [-0.2, -0.15) is 0 Å². The van der Waals surface area contributed by atoms with Crippen LogP contribution in [0.2, 0.25) is 0 Å². The number of carbonyl (C=O) groups excluding carboxylic acids is 2. The van der Waals surface area contributed by atoms with Crippen molar-refractivity contribution in [2.24, 2.45) is 0 Å². The van der Waals surface area contributed by atoms with Crippen LogP contribution in [0.25, 0.3) is 0 Å². The van der Waals surface area contributed by atoms with Gasteiger partial charge in [0.15, 0.2) is 0 Å². The summed E-state index contributed by atoms with van der Waals surface area (Å²) in [7, 11) is 0. The average molecular weight is 287 g/mol. The Morgan fingerprint density at radius 2 is 0.938 bits per heavy atom. The van der Waals surface area contributed by atoms with Gasteiger partial charge in [0.05, 0.1) is 11.9 Å². The van der Waals surface area contributed by atoms with Crippen LogP contribution < -0.4 is 39.8 Å². The normalized spacial score (nSPS) is 9.88. The Hall–Kier alpha value is 0.414. The number of rotatable bonds is 3. The smallest absolute Gasteiger partial charge is 0.870 e. The molecular weight excluding hydrogens is 279 g/mol. The molecule has 16 heavy (non-hydrogen) atoms. The summed E-state index contributed by atoms with van der Waals surface area (Å²) in [4.78, 5) is 19.3. The summed E-state index contributed by atoms with van der Waals surface area (Å²) in [5.74, 6) is -4.12. The topological polar surface area (TPSA) is 241 Å². The largest absolute Gasteiger partial charge is 1.00 e. The zero-order valence-corrected chi connectivity index (χ0v) is 11.5. The van der Waals surface area contributed by atoms with E-state index in [4.69, 9.17) is 10.2 Å². The summed E-state index contributed by atoms with van der Waals surface area (Å²) in [6.45, 7) is 0. The first-order chi connectivity index (χ1) is 4.46. The van der Waals surface area contributed by atoms with Crippen LogP contribution in [0.5, 0.6) is 0 Å². The summed E-state index contributed by atoms with van der Waals surface area (Å²) in [6, 6.07) is 0. The van der Waals surface area contributed by atoms with Crippen LogP contribution in [0.3, 0.4) is 0 Å². The number of aliphatic hydroxyl groups is 2. The van der Waals surface area contributed by atoms with E-state index in [1.165, 1.54) is 0 Å². The quantitative estimate of drug-likeness (QED) is 0.464. The maximum Gasteiger partial charge on any atom is 1.00 e. The van der Waals surface area contributed by atoms with Crippen molar-refractivity contribution < 1.29 is 103 Å². The van der Waals surface area contributed by atoms with Crippen LogP contribution >= 0.6 is 0 Å². The molecule has 2 atom stereocenters. The molecule has 0 amide bonds. The van der Waals surface area contributed by atoms with Gasteiger partial charge in [-0.05, 0) is 0 Å². The third kappa shape index (κ3) is 16.8. The fourth-order valence-corrected chi connectivity index (χ4v) is 0.258. The zero-order chi connectivity index (χ0) is 8.31. The molecule has 0 saturated carbocycles. The van der Waals surface area contributed by atoms with Crippen molar-refractivity contribution >= 4 is 11.9 Å². The summed E-state index contributed by atoms with van der Waals surface area (Å²) in [5, 5.41) is 35.7. The summed E-state index contributed by atoms with van der Waals surface area (Å²) in [6.07, 6.45) is -4.88. The van der Waals surface area contributed by atoms with E-state index >= 15 is 0 Å². The molecule has 0 rings (SSSR count). The van der Waals surface area contributed by atoms with Crippen LogP contribution in [-0.4, -0.2) is 56.3 Å². The Labute approximate surface area is 127 Å². The number of hydrogen-bond donors (Lipinski definition) is 2. The monoisotopic (exact) mass is 287 g/mol. The van der Waals surface area contributed by atoms with E-state index in [0.717, 1.165) is 0 Å². The van der Waals surface area contributed by atoms with Crippen molar-refractivity contribution in [3.63, 3.8) is 0 Å². The van der Waals surface area contributed by atoms with E-state index in [1.54, 1.807) is 0 Å². The Morgan fingerprint density at radius 3 is 1.00 bits per heavy atom. The first kappa shape index (κ1) is 44.0. The number of carboxylic acid groups (broad SMARTS) is 2. The van der Waals surface area contributed by atoms with E-state index in [0.29, 0.717) is 0 Å². The van der Waals surface area contributed by atoms with Gasteiger partial charge in [-0.3, -0.25) is 0 Å². The second kappa shape index (κ2) is 20.8. The van der Waals surface area contributed by atoms with Crippen LogP contribution in [-0.2, 0) is 31.3 Å². The summed E-state index contributed by atoms with van der Waals surface area (Å²) >= 11 is 0. The molecule has 0 fully saturated rings. The fraction of sp³-hybridized carbons (Fsp3) is 0.500. The first-order valence-corrected chi connectivity index (χ1v) is 2.24. The van der Waals surface area contributed by atoms with Gasteiger partial charge in [-0.1, -0.05) is 0 Å². The summed E-state index contributed by atoms with van der Waals surface area (Å²) < 4.78 is 0. The minimum atomic E-state index is -2.44. The molecule has 0 aromatic carbocycles. The Kier molecular flexibility index (Phi) is 57.2. The molecule has 2 unspecified atom stereocenters. The third-order valence-corrected chi connectivity index (χ3v) is 0.782. The second-order valence-electron chi connectivity index (χ2n) is 1.53. The predicted molar refractivity (Wildman–Crippen MR) is 29.8 cm³/mol. The maximum absolute atomic E-state index is 9.63. The number of carbonyl (C=O) groups is 2. The predicted octanol–water partition coefficient (Wildman–Crippen LogP) is -8.50. The number of carboxylic acids is 2. The Morgan fingerprint density at radius 1 is 0.812 bits per heavy atom. The molecule has 12 heteroatoms. The third-order valence-electron chi connectivity index (χ3n) is 0.782. The van der Waals surface area contributed by atoms with Crippen LogP contribution in [0.4, 0.5) is 0 Å². The Balaban J connectivity index is -0.0000000270. The van der Waals surface area contributed by atoms with Gasteiger partial charge in [-0.25, -0.2) is 0 Å². The van der Waals surface area contributed by atoms with Crippen molar-refractivity contribution in [3.8, 4) is 0 Å². The van der Waals surface area contributed by atoms with E-state index in [1.807, 2.05) is 0 Å². The van der Waals surface area contributed by atoms with Gasteiger partial charge in [0.2, 0.25) is 0 Å². The standard InChI is InChI=1S/C4H6O6.Na.4H2O.Ti/c5-1(3(7)8)2(6)4(9)10;;;;;;/h1-2,5-6H,(H,7,8)(H,9,10);;4*1H2;/q;+1;;;;;/p-6. The molecule has 0 spiro atoms. The van der Waals surface area contributed by atoms with Crippen molar-refractivity contribution in [3.05, 3.63) is 0 Å². The molecule has 94 valence electrons. The van der Waals surface area contributed by atoms with Crippen LogP contribution in [0, 0.1) is 0 Å². The molecule has 0 radical (unpaired) electrons. The van der Waals surface area contributed by atoms with Crippen LogP contribution in [0.15, 0.2) is 0 Å². The first-order valence-electron chi connectivity index (χ1n) is 2.24. The molecule has 0 saturated heterocycles. The van der Waals surface area contributed by atoms with Gasteiger partial charge in [0.1, 0.15) is 12.2 Å². The van der Waals surface area contributed by atoms with E-state index in [9.17, 15) is 19.8 Å². The minimum Gasteiger partial charge on any atom is -0.870 e. The Bertz CT molecular complexity index is 147. The van der Waals surface area contributed by atoms with E-state index in [-0.39, 0.29) is 73.2 Å². The van der Waals surface area contributed by atoms with Gasteiger partial charge in [-0.15, -0.1) is 0 Å². The SMILES string of the molecule is O=C([O-])C(O)C(O)C(=O)[O-].[Na+].[OH-].[OH-].[OH-].[OH-].[Ti]. The number of hydrogen-bond acceptors (Lipinski definition) is 10. The van der Waals surface area contributed by atoms with Crippen molar-refractivity contribution in [1.82, 2.24) is 0 Å². The molecule has 0 bridgehead atoms. The molecule has 0 heterocycles. The number of aliphatic hydroxyl groups excluding tert-OH is 2. The molecular formula is C4H8NaO10Ti-5. The van der Waals surface area contributed by atoms with Gasteiger partial charge < -0.3 is 51.9 Å². The zero-order valence-electron chi connectivity index (χ0n) is 7.97. The fourth-order valence-electron chi connectivity index (χ4n) is 0.258. The molecule has 0 aliphatic heterocycles. The van der Waals surface area contributed by atoms with E-state index in [2.05, 4.69) is 0 Å². The second-order valence-corrected chi connectivity index (χ2v) is 1.53. The molecule has 0 aliphatic rings. The van der Waals surface area contributed by atoms with Crippen molar-refractivity contribution in [2.75, 3.05) is 0 Å². The van der Waals surface area contributed by atoms with Crippen LogP contribution in [0.1, 0.15) is 0 Å². The molecule has 0 aromatic heterocycles. The van der Waals surface area contributed by atoms with Gasteiger partial charge in [0.25, 0.3) is 0 Å². The van der Waals surface area contributed by atoms with Gasteiger partial charge >= 0.3 is 29.6 Å². The molecule has 0 aliphatic carbocycles. The molecule has 6 N–H and O–H groups in total. The molecule has 10 nitrogen and oxygen atoms in total. The summed E-state index contributed by atoms with van der Waals surface area (Å²) in [5.41, 5.74) is 0. The minimum absolute atomic E-state index is 0.